The van der Waals surface area contributed by atoms with Crippen molar-refractivity contribution in [2.24, 2.45) is 0 Å². The van der Waals surface area contributed by atoms with Crippen LogP contribution in [0.4, 0.5) is 5.69 Å². The Morgan fingerprint density at radius 2 is 1.85 bits per heavy atom. The van der Waals surface area contributed by atoms with Crippen molar-refractivity contribution < 1.29 is 16.8 Å². The summed E-state index contributed by atoms with van der Waals surface area (Å²) in [4.78, 5) is -0.0771. The first-order valence-corrected chi connectivity index (χ1v) is 8.37. The molecule has 2 aromatic rings. The lowest BCUT2D eigenvalue weighted by Gasteiger charge is -2.08. The number of hydrogen-bond acceptors (Lipinski definition) is 5. The molecule has 108 valence electrons. The van der Waals surface area contributed by atoms with E-state index in [4.69, 9.17) is 0 Å². The maximum atomic E-state index is 12.0. The predicted molar refractivity (Wildman–Crippen MR) is 72.1 cm³/mol. The first-order valence-electron chi connectivity index (χ1n) is 5.40. The van der Waals surface area contributed by atoms with Gasteiger partial charge in [-0.1, -0.05) is 6.07 Å². The molecule has 20 heavy (non-hydrogen) atoms. The lowest BCUT2D eigenvalue weighted by molar-refractivity contribution is 0.588. The quantitative estimate of drug-likeness (QED) is 0.723. The van der Waals surface area contributed by atoms with Crippen LogP contribution in [0.25, 0.3) is 0 Å². The predicted octanol–water partition coefficient (Wildman–Crippen LogP) is 0.119. The lowest BCUT2D eigenvalue weighted by Crippen LogP contribution is -2.19. The minimum absolute atomic E-state index is 0.0348. The van der Waals surface area contributed by atoms with Crippen molar-refractivity contribution in [1.82, 2.24) is 14.9 Å². The van der Waals surface area contributed by atoms with Crippen LogP contribution in [0.2, 0.25) is 0 Å². The molecule has 8 nitrogen and oxygen atoms in total. The Morgan fingerprint density at radius 3 is 2.45 bits per heavy atom. The van der Waals surface area contributed by atoms with Crippen molar-refractivity contribution in [3.63, 3.8) is 0 Å². The molecule has 0 aliphatic carbocycles. The van der Waals surface area contributed by atoms with E-state index in [0.717, 1.165) is 6.20 Å². The molecule has 0 amide bonds. The summed E-state index contributed by atoms with van der Waals surface area (Å²) >= 11 is 0. The summed E-state index contributed by atoms with van der Waals surface area (Å²) < 4.78 is 51.6. The number of sulfonamides is 2. The number of nitrogens with one attached hydrogen (secondary N) is 3. The van der Waals surface area contributed by atoms with Gasteiger partial charge in [-0.05, 0) is 25.2 Å². The number of aromatic amines is 1. The van der Waals surface area contributed by atoms with Gasteiger partial charge < -0.3 is 0 Å². The standard InChI is InChI=1S/C10H12N4O4S2/c1-11-19(15,16)9-4-2-3-8(5-9)14-20(17,18)10-6-12-13-7-10/h2-7,11,14H,1H3,(H,12,13). The topological polar surface area (TPSA) is 121 Å². The number of nitrogens with zero attached hydrogens (tertiary/aromatic N) is 1. The number of rotatable bonds is 5. The van der Waals surface area contributed by atoms with E-state index in [0.29, 0.717) is 0 Å². The molecule has 0 atom stereocenters. The van der Waals surface area contributed by atoms with E-state index in [1.807, 2.05) is 0 Å². The summed E-state index contributed by atoms with van der Waals surface area (Å²) in [6.45, 7) is 0. The molecular weight excluding hydrogens is 304 g/mol. The summed E-state index contributed by atoms with van der Waals surface area (Å²) in [5, 5.41) is 5.94. The van der Waals surface area contributed by atoms with Crippen molar-refractivity contribution >= 4 is 25.7 Å². The van der Waals surface area contributed by atoms with Gasteiger partial charge in [0.2, 0.25) is 10.0 Å². The Balaban J connectivity index is 2.35. The first-order chi connectivity index (χ1) is 9.35. The molecule has 0 aliphatic heterocycles. The molecule has 10 heteroatoms. The van der Waals surface area contributed by atoms with Crippen LogP contribution in [0, 0.1) is 0 Å². The SMILES string of the molecule is CNS(=O)(=O)c1cccc(NS(=O)(=O)c2cn[nH]c2)c1. The lowest BCUT2D eigenvalue weighted by atomic mass is 10.3. The number of aromatic nitrogens is 2. The van der Waals surface area contributed by atoms with E-state index in [2.05, 4.69) is 19.6 Å². The van der Waals surface area contributed by atoms with E-state index in [1.54, 1.807) is 0 Å². The van der Waals surface area contributed by atoms with E-state index in [9.17, 15) is 16.8 Å². The Morgan fingerprint density at radius 1 is 1.10 bits per heavy atom. The third-order valence-corrected chi connectivity index (χ3v) is 5.21. The Labute approximate surface area is 116 Å². The molecule has 0 aliphatic rings. The Bertz CT molecular complexity index is 798. The summed E-state index contributed by atoms with van der Waals surface area (Å²) in [6, 6.07) is 5.48. The molecule has 0 unspecified atom stereocenters. The second kappa shape index (κ2) is 5.23. The molecule has 1 aromatic heterocycles. The minimum atomic E-state index is -3.80. The Kier molecular flexibility index (Phi) is 3.79. The first kappa shape index (κ1) is 14.5. The van der Waals surface area contributed by atoms with Gasteiger partial charge >= 0.3 is 0 Å². The summed E-state index contributed by atoms with van der Waals surface area (Å²) in [5.41, 5.74) is 0.141. The van der Waals surface area contributed by atoms with E-state index in [-0.39, 0.29) is 15.5 Å². The van der Waals surface area contributed by atoms with E-state index in [1.165, 1.54) is 37.5 Å². The van der Waals surface area contributed by atoms with Gasteiger partial charge in [-0.25, -0.2) is 21.6 Å². The molecule has 1 aromatic carbocycles. The average Bonchev–Trinajstić information content (AvgIpc) is 2.93. The Hall–Kier alpha value is -1.91. The smallest absolute Gasteiger partial charge is 0.265 e. The molecule has 2 rings (SSSR count). The highest BCUT2D eigenvalue weighted by molar-refractivity contribution is 7.92. The van der Waals surface area contributed by atoms with Gasteiger partial charge in [-0.15, -0.1) is 0 Å². The number of hydrogen-bond donors (Lipinski definition) is 3. The van der Waals surface area contributed by atoms with Crippen LogP contribution >= 0.6 is 0 Å². The van der Waals surface area contributed by atoms with Gasteiger partial charge in [-0.2, -0.15) is 5.10 Å². The fourth-order valence-corrected chi connectivity index (χ4v) is 3.17. The molecule has 0 saturated heterocycles. The van der Waals surface area contributed by atoms with E-state index >= 15 is 0 Å². The van der Waals surface area contributed by atoms with Crippen LogP contribution in [-0.4, -0.2) is 34.1 Å². The van der Waals surface area contributed by atoms with Crippen molar-refractivity contribution in [3.8, 4) is 0 Å². The van der Waals surface area contributed by atoms with Gasteiger partial charge in [0.1, 0.15) is 4.90 Å². The summed E-state index contributed by atoms with van der Waals surface area (Å²) in [5.74, 6) is 0. The average molecular weight is 316 g/mol. The van der Waals surface area contributed by atoms with Gasteiger partial charge in [0.05, 0.1) is 16.8 Å². The second-order valence-electron chi connectivity index (χ2n) is 3.77. The highest BCUT2D eigenvalue weighted by Crippen LogP contribution is 2.18. The highest BCUT2D eigenvalue weighted by atomic mass is 32.2. The number of anilines is 1. The van der Waals surface area contributed by atoms with E-state index < -0.39 is 20.0 Å². The molecule has 1 heterocycles. The van der Waals surface area contributed by atoms with Crippen molar-refractivity contribution in [2.75, 3.05) is 11.8 Å². The minimum Gasteiger partial charge on any atom is -0.284 e. The zero-order valence-electron chi connectivity index (χ0n) is 10.4. The summed E-state index contributed by atoms with van der Waals surface area (Å²) in [7, 11) is -6.16. The third-order valence-electron chi connectivity index (χ3n) is 2.45. The van der Waals surface area contributed by atoms with Crippen molar-refractivity contribution in [3.05, 3.63) is 36.7 Å². The van der Waals surface area contributed by atoms with Crippen LogP contribution in [0.3, 0.4) is 0 Å². The molecular formula is C10H12N4O4S2. The molecule has 3 N–H and O–H groups in total. The molecule has 0 spiro atoms. The maximum absolute atomic E-state index is 12.0. The summed E-state index contributed by atoms with van der Waals surface area (Å²) in [6.07, 6.45) is 2.37. The van der Waals surface area contributed by atoms with Crippen LogP contribution < -0.4 is 9.44 Å². The monoisotopic (exact) mass is 316 g/mol. The molecule has 0 fully saturated rings. The normalized spacial score (nSPS) is 12.2. The van der Waals surface area contributed by atoms with Gasteiger partial charge in [0.25, 0.3) is 10.0 Å². The maximum Gasteiger partial charge on any atom is 0.265 e. The number of benzene rings is 1. The fraction of sp³-hybridized carbons (Fsp3) is 0.100. The van der Waals surface area contributed by atoms with Gasteiger partial charge in [-0.3, -0.25) is 9.82 Å². The van der Waals surface area contributed by atoms with Crippen LogP contribution in [-0.2, 0) is 20.0 Å². The van der Waals surface area contributed by atoms with Crippen LogP contribution in [0.1, 0.15) is 0 Å². The van der Waals surface area contributed by atoms with Gasteiger partial charge in [0.15, 0.2) is 0 Å². The molecule has 0 saturated carbocycles. The largest absolute Gasteiger partial charge is 0.284 e. The van der Waals surface area contributed by atoms with Crippen LogP contribution in [0.5, 0.6) is 0 Å². The fourth-order valence-electron chi connectivity index (χ4n) is 1.44. The van der Waals surface area contributed by atoms with Gasteiger partial charge in [0, 0.05) is 6.20 Å². The molecule has 0 bridgehead atoms. The highest BCUT2D eigenvalue weighted by Gasteiger charge is 2.17. The molecule has 0 radical (unpaired) electrons. The third kappa shape index (κ3) is 2.98. The van der Waals surface area contributed by atoms with Crippen molar-refractivity contribution in [2.45, 2.75) is 9.79 Å². The van der Waals surface area contributed by atoms with Crippen molar-refractivity contribution in [1.29, 1.82) is 0 Å². The zero-order chi connectivity index (χ0) is 14.8. The second-order valence-corrected chi connectivity index (χ2v) is 7.34. The van der Waals surface area contributed by atoms with Crippen LogP contribution in [0.15, 0.2) is 46.5 Å². The zero-order valence-corrected chi connectivity index (χ0v) is 12.0. The number of H-pyrrole nitrogens is 1.